The van der Waals surface area contributed by atoms with Gasteiger partial charge in [0, 0.05) is 12.0 Å². The Bertz CT molecular complexity index is 575. The van der Waals surface area contributed by atoms with Gasteiger partial charge in [0.1, 0.15) is 11.4 Å². The van der Waals surface area contributed by atoms with E-state index in [4.69, 9.17) is 10.5 Å². The number of amides is 1. The summed E-state index contributed by atoms with van der Waals surface area (Å²) in [4.78, 5) is 11.2. The number of nitrogens with two attached hydrogens (primary N) is 1. The van der Waals surface area contributed by atoms with Gasteiger partial charge in [-0.2, -0.15) is 0 Å². The standard InChI is InChI=1S/C17H23NO3/c1-11(2)5-4-8-17(3)15(19)10-13-9-12(16(18)20)6-7-14(13)21-17/h5-7,9,15,19H,4,8,10H2,1-3H3,(H2,18,20)/t15-,17-/m0/s1. The van der Waals surface area contributed by atoms with E-state index in [0.717, 1.165) is 24.2 Å². The minimum Gasteiger partial charge on any atom is -0.485 e. The molecule has 1 aromatic rings. The van der Waals surface area contributed by atoms with E-state index < -0.39 is 17.6 Å². The summed E-state index contributed by atoms with van der Waals surface area (Å²) in [6.45, 7) is 6.05. The molecule has 4 nitrogen and oxygen atoms in total. The fourth-order valence-electron chi connectivity index (χ4n) is 2.60. The van der Waals surface area contributed by atoms with Crippen molar-refractivity contribution in [3.8, 4) is 5.75 Å². The van der Waals surface area contributed by atoms with Gasteiger partial charge in [0.05, 0.1) is 6.10 Å². The second-order valence-corrected chi connectivity index (χ2v) is 6.14. The predicted molar refractivity (Wildman–Crippen MR) is 82.4 cm³/mol. The van der Waals surface area contributed by atoms with E-state index in [1.165, 1.54) is 5.57 Å². The summed E-state index contributed by atoms with van der Waals surface area (Å²) in [6.07, 6.45) is 3.63. The summed E-state index contributed by atoms with van der Waals surface area (Å²) in [5.74, 6) is 0.259. The third-order valence-electron chi connectivity index (χ3n) is 4.00. The van der Waals surface area contributed by atoms with E-state index in [1.807, 2.05) is 6.92 Å². The van der Waals surface area contributed by atoms with Crippen LogP contribution >= 0.6 is 0 Å². The quantitative estimate of drug-likeness (QED) is 0.837. The zero-order valence-electron chi connectivity index (χ0n) is 12.8. The first-order chi connectivity index (χ1) is 9.82. The van der Waals surface area contributed by atoms with Crippen molar-refractivity contribution in [2.24, 2.45) is 5.73 Å². The summed E-state index contributed by atoms with van der Waals surface area (Å²) < 4.78 is 6.02. The Morgan fingerprint density at radius 2 is 2.24 bits per heavy atom. The van der Waals surface area contributed by atoms with Crippen molar-refractivity contribution < 1.29 is 14.6 Å². The molecule has 1 heterocycles. The van der Waals surface area contributed by atoms with Crippen LogP contribution in [0.2, 0.25) is 0 Å². The molecular formula is C17H23NO3. The molecule has 1 aliphatic heterocycles. The van der Waals surface area contributed by atoms with E-state index in [0.29, 0.717) is 12.0 Å². The highest BCUT2D eigenvalue weighted by molar-refractivity contribution is 5.93. The number of aliphatic hydroxyl groups is 1. The Kier molecular flexibility index (Phi) is 4.37. The van der Waals surface area contributed by atoms with Gasteiger partial charge in [0.2, 0.25) is 5.91 Å². The Hall–Kier alpha value is -1.81. The summed E-state index contributed by atoms with van der Waals surface area (Å²) in [5, 5.41) is 10.4. The maximum atomic E-state index is 11.2. The molecule has 0 radical (unpaired) electrons. The Morgan fingerprint density at radius 3 is 2.86 bits per heavy atom. The fourth-order valence-corrected chi connectivity index (χ4v) is 2.60. The first-order valence-electron chi connectivity index (χ1n) is 7.25. The van der Waals surface area contributed by atoms with E-state index in [2.05, 4.69) is 19.9 Å². The second-order valence-electron chi connectivity index (χ2n) is 6.14. The SMILES string of the molecule is CC(C)=CCC[C@]1(C)Oc2ccc(C(N)=O)cc2C[C@@H]1O. The van der Waals surface area contributed by atoms with E-state index in [9.17, 15) is 9.90 Å². The van der Waals surface area contributed by atoms with Crippen LogP contribution in [-0.2, 0) is 6.42 Å². The van der Waals surface area contributed by atoms with Gasteiger partial charge in [-0.15, -0.1) is 0 Å². The summed E-state index contributed by atoms with van der Waals surface area (Å²) >= 11 is 0. The van der Waals surface area contributed by atoms with Gasteiger partial charge in [-0.3, -0.25) is 4.79 Å². The first kappa shape index (κ1) is 15.6. The van der Waals surface area contributed by atoms with Crippen LogP contribution in [-0.4, -0.2) is 22.7 Å². The molecule has 0 saturated heterocycles. The van der Waals surface area contributed by atoms with Gasteiger partial charge in [0.15, 0.2) is 0 Å². The number of carbonyl (C=O) groups excluding carboxylic acids is 1. The van der Waals surface area contributed by atoms with Crippen LogP contribution in [0.15, 0.2) is 29.8 Å². The average Bonchev–Trinajstić information content (AvgIpc) is 2.39. The molecule has 1 amide bonds. The number of allylic oxidation sites excluding steroid dienone is 2. The van der Waals surface area contributed by atoms with Crippen LogP contribution in [0.4, 0.5) is 0 Å². The van der Waals surface area contributed by atoms with Crippen LogP contribution in [0.1, 0.15) is 49.5 Å². The van der Waals surface area contributed by atoms with Gasteiger partial charge in [-0.25, -0.2) is 0 Å². The monoisotopic (exact) mass is 289 g/mol. The number of benzene rings is 1. The second kappa shape index (κ2) is 5.90. The topological polar surface area (TPSA) is 72.5 Å². The predicted octanol–water partition coefficient (Wildman–Crippen LogP) is 2.59. The lowest BCUT2D eigenvalue weighted by Gasteiger charge is -2.40. The van der Waals surface area contributed by atoms with Gasteiger partial charge < -0.3 is 15.6 Å². The Morgan fingerprint density at radius 1 is 1.52 bits per heavy atom. The van der Waals surface area contributed by atoms with Crippen LogP contribution in [0.25, 0.3) is 0 Å². The molecule has 2 atom stereocenters. The maximum Gasteiger partial charge on any atom is 0.248 e. The maximum absolute atomic E-state index is 11.2. The van der Waals surface area contributed by atoms with Gasteiger partial charge in [-0.05, 0) is 57.4 Å². The van der Waals surface area contributed by atoms with Gasteiger partial charge in [-0.1, -0.05) is 11.6 Å². The normalized spacial score (nSPS) is 23.9. The zero-order chi connectivity index (χ0) is 15.6. The Balaban J connectivity index is 2.19. The van der Waals surface area contributed by atoms with Crippen LogP contribution < -0.4 is 10.5 Å². The molecule has 21 heavy (non-hydrogen) atoms. The van der Waals surface area contributed by atoms with Crippen molar-refractivity contribution in [1.82, 2.24) is 0 Å². The highest BCUT2D eigenvalue weighted by Gasteiger charge is 2.39. The van der Waals surface area contributed by atoms with E-state index in [1.54, 1.807) is 18.2 Å². The fraction of sp³-hybridized carbons (Fsp3) is 0.471. The molecule has 114 valence electrons. The molecule has 3 N–H and O–H groups in total. The van der Waals surface area contributed by atoms with Crippen molar-refractivity contribution in [2.45, 2.75) is 51.7 Å². The number of carbonyl (C=O) groups is 1. The largest absolute Gasteiger partial charge is 0.485 e. The minimum atomic E-state index is -0.604. The number of fused-ring (bicyclic) bond motifs is 1. The third-order valence-corrected chi connectivity index (χ3v) is 4.00. The van der Waals surface area contributed by atoms with Crippen molar-refractivity contribution in [1.29, 1.82) is 0 Å². The van der Waals surface area contributed by atoms with E-state index >= 15 is 0 Å². The molecule has 0 spiro atoms. The molecule has 2 rings (SSSR count). The highest BCUT2D eigenvalue weighted by Crippen LogP contribution is 2.36. The lowest BCUT2D eigenvalue weighted by molar-refractivity contribution is -0.0587. The number of primary amides is 1. The van der Waals surface area contributed by atoms with Crippen molar-refractivity contribution >= 4 is 5.91 Å². The van der Waals surface area contributed by atoms with Crippen LogP contribution in [0.3, 0.4) is 0 Å². The molecule has 0 aliphatic carbocycles. The lowest BCUT2D eigenvalue weighted by atomic mass is 9.85. The third kappa shape index (κ3) is 3.45. The van der Waals surface area contributed by atoms with Gasteiger partial charge >= 0.3 is 0 Å². The minimum absolute atomic E-state index is 0.442. The number of aliphatic hydroxyl groups excluding tert-OH is 1. The van der Waals surface area contributed by atoms with Crippen LogP contribution in [0.5, 0.6) is 5.75 Å². The van der Waals surface area contributed by atoms with Crippen molar-refractivity contribution in [3.63, 3.8) is 0 Å². The van der Waals surface area contributed by atoms with Crippen molar-refractivity contribution in [3.05, 3.63) is 41.0 Å². The Labute approximate surface area is 125 Å². The number of hydrogen-bond acceptors (Lipinski definition) is 3. The molecule has 0 bridgehead atoms. The first-order valence-corrected chi connectivity index (χ1v) is 7.25. The van der Waals surface area contributed by atoms with E-state index in [-0.39, 0.29) is 0 Å². The number of rotatable bonds is 4. The summed E-state index contributed by atoms with van der Waals surface area (Å²) in [7, 11) is 0. The zero-order valence-corrected chi connectivity index (χ0v) is 12.8. The number of ether oxygens (including phenoxy) is 1. The molecule has 1 aliphatic rings. The smallest absolute Gasteiger partial charge is 0.248 e. The molecule has 0 unspecified atom stereocenters. The summed E-state index contributed by atoms with van der Waals surface area (Å²) in [6, 6.07) is 5.13. The van der Waals surface area contributed by atoms with Crippen LogP contribution in [0, 0.1) is 0 Å². The average molecular weight is 289 g/mol. The highest BCUT2D eigenvalue weighted by atomic mass is 16.5. The summed E-state index contributed by atoms with van der Waals surface area (Å²) in [5.41, 5.74) is 7.21. The molecule has 0 saturated carbocycles. The number of hydrogen-bond donors (Lipinski definition) is 2. The van der Waals surface area contributed by atoms with Crippen molar-refractivity contribution in [2.75, 3.05) is 0 Å². The van der Waals surface area contributed by atoms with Gasteiger partial charge in [0.25, 0.3) is 0 Å². The lowest BCUT2D eigenvalue weighted by Crippen LogP contribution is -2.48. The molecular weight excluding hydrogens is 266 g/mol. The molecule has 0 fully saturated rings. The molecule has 1 aromatic carbocycles. The molecule has 4 heteroatoms. The molecule has 0 aromatic heterocycles.